The van der Waals surface area contributed by atoms with E-state index in [1.54, 1.807) is 7.05 Å². The Morgan fingerprint density at radius 1 is 1.47 bits per heavy atom. The average molecular weight is 283 g/mol. The van der Waals surface area contributed by atoms with Crippen LogP contribution in [0.4, 0.5) is 5.69 Å². The first kappa shape index (κ1) is 13.3. The molecule has 19 heavy (non-hydrogen) atoms. The Hall–Kier alpha value is -2.13. The number of rotatable bonds is 4. The Labute approximate surface area is 109 Å². The molecule has 9 heteroatoms. The predicted molar refractivity (Wildman–Crippen MR) is 68.2 cm³/mol. The monoisotopic (exact) mass is 283 g/mol. The summed E-state index contributed by atoms with van der Waals surface area (Å²) in [5, 5.41) is 8.85. The van der Waals surface area contributed by atoms with E-state index in [1.165, 1.54) is 36.3 Å². The molecule has 0 aliphatic rings. The Morgan fingerprint density at radius 3 is 2.79 bits per heavy atom. The van der Waals surface area contributed by atoms with E-state index in [0.717, 1.165) is 0 Å². The van der Waals surface area contributed by atoms with Gasteiger partial charge in [-0.2, -0.15) is 5.10 Å². The smallest absolute Gasteiger partial charge is 0.272 e. The topological polar surface area (TPSA) is 109 Å². The zero-order chi connectivity index (χ0) is 14.0. The fourth-order valence-corrected chi connectivity index (χ4v) is 2.34. The van der Waals surface area contributed by atoms with Gasteiger partial charge in [-0.15, -0.1) is 0 Å². The number of aryl methyl sites for hydroxylation is 1. The van der Waals surface area contributed by atoms with Gasteiger partial charge in [0.2, 0.25) is 10.0 Å². The minimum Gasteiger partial charge on any atom is -0.345 e. The molecule has 0 saturated heterocycles. The fourth-order valence-electron chi connectivity index (χ4n) is 1.54. The summed E-state index contributed by atoms with van der Waals surface area (Å²) in [6.07, 6.45) is 4.34. The summed E-state index contributed by atoms with van der Waals surface area (Å²) in [6, 6.07) is 1.31. The fraction of sp³-hybridized carbons (Fsp3) is 0.200. The minimum absolute atomic E-state index is 0.0369. The molecule has 8 nitrogen and oxygen atoms in total. The first-order chi connectivity index (χ1) is 8.94. The standard InChI is InChI=1S/C10H13N5O3S/c1-11-19(17,18)8-3-9(15(2)6-8)10(16)14-7-4-12-13-5-7/h3-6,11H,1-2H3,(H,12,13)(H,14,16). The normalized spacial score (nSPS) is 11.5. The number of H-pyrrole nitrogens is 1. The van der Waals surface area contributed by atoms with E-state index < -0.39 is 15.9 Å². The van der Waals surface area contributed by atoms with Crippen LogP contribution in [0.1, 0.15) is 10.5 Å². The Balaban J connectivity index is 2.29. The molecule has 0 saturated carbocycles. The lowest BCUT2D eigenvalue weighted by Crippen LogP contribution is -2.18. The van der Waals surface area contributed by atoms with Crippen LogP contribution in [-0.4, -0.2) is 36.1 Å². The molecule has 3 N–H and O–H groups in total. The zero-order valence-corrected chi connectivity index (χ0v) is 11.2. The highest BCUT2D eigenvalue weighted by atomic mass is 32.2. The van der Waals surface area contributed by atoms with E-state index in [2.05, 4.69) is 20.2 Å². The molecule has 0 unspecified atom stereocenters. The van der Waals surface area contributed by atoms with E-state index in [-0.39, 0.29) is 10.6 Å². The van der Waals surface area contributed by atoms with Crippen LogP contribution in [0.25, 0.3) is 0 Å². The molecular formula is C10H13N5O3S. The molecule has 2 rings (SSSR count). The van der Waals surface area contributed by atoms with E-state index in [4.69, 9.17) is 0 Å². The summed E-state index contributed by atoms with van der Waals surface area (Å²) < 4.78 is 26.9. The average Bonchev–Trinajstić information content (AvgIpc) is 2.98. The number of hydrogen-bond acceptors (Lipinski definition) is 4. The number of aromatic nitrogens is 3. The van der Waals surface area contributed by atoms with Crippen LogP contribution in [0, 0.1) is 0 Å². The van der Waals surface area contributed by atoms with Crippen molar-refractivity contribution in [1.29, 1.82) is 0 Å². The molecule has 0 spiro atoms. The molecule has 0 aromatic carbocycles. The molecule has 2 heterocycles. The quantitative estimate of drug-likeness (QED) is 0.728. The van der Waals surface area contributed by atoms with E-state index >= 15 is 0 Å². The highest BCUT2D eigenvalue weighted by Gasteiger charge is 2.19. The molecule has 1 amide bonds. The van der Waals surface area contributed by atoms with Gasteiger partial charge in [0.15, 0.2) is 0 Å². The molecule has 0 fully saturated rings. The largest absolute Gasteiger partial charge is 0.345 e. The van der Waals surface area contributed by atoms with Crippen LogP contribution in [0.5, 0.6) is 0 Å². The van der Waals surface area contributed by atoms with Crippen molar-refractivity contribution in [1.82, 2.24) is 19.5 Å². The molecule has 0 radical (unpaired) electrons. The van der Waals surface area contributed by atoms with Crippen LogP contribution in [0.15, 0.2) is 29.6 Å². The van der Waals surface area contributed by atoms with Gasteiger partial charge in [-0.05, 0) is 13.1 Å². The van der Waals surface area contributed by atoms with Crippen molar-refractivity contribution in [3.63, 3.8) is 0 Å². The molecule has 0 aliphatic heterocycles. The van der Waals surface area contributed by atoms with Crippen LogP contribution in [0.2, 0.25) is 0 Å². The molecule has 2 aromatic rings. The molecular weight excluding hydrogens is 270 g/mol. The summed E-state index contributed by atoms with van der Waals surface area (Å²) in [4.78, 5) is 12.0. The maximum Gasteiger partial charge on any atom is 0.272 e. The van der Waals surface area contributed by atoms with Crippen molar-refractivity contribution < 1.29 is 13.2 Å². The summed E-state index contributed by atoms with van der Waals surface area (Å²) in [6.45, 7) is 0. The molecule has 2 aromatic heterocycles. The van der Waals surface area contributed by atoms with E-state index in [9.17, 15) is 13.2 Å². The maximum atomic E-state index is 12.0. The van der Waals surface area contributed by atoms with Gasteiger partial charge >= 0.3 is 0 Å². The second-order valence-electron chi connectivity index (χ2n) is 3.82. The lowest BCUT2D eigenvalue weighted by Gasteiger charge is -2.02. The van der Waals surface area contributed by atoms with Gasteiger partial charge in [-0.3, -0.25) is 9.89 Å². The van der Waals surface area contributed by atoms with Gasteiger partial charge in [-0.25, -0.2) is 13.1 Å². The van der Waals surface area contributed by atoms with E-state index in [1.807, 2.05) is 0 Å². The van der Waals surface area contributed by atoms with Crippen LogP contribution in [-0.2, 0) is 17.1 Å². The van der Waals surface area contributed by atoms with Gasteiger partial charge in [0, 0.05) is 19.4 Å². The van der Waals surface area contributed by atoms with Crippen molar-refractivity contribution in [2.24, 2.45) is 7.05 Å². The van der Waals surface area contributed by atoms with Gasteiger partial charge in [-0.1, -0.05) is 0 Å². The van der Waals surface area contributed by atoms with Crippen molar-refractivity contribution in [2.75, 3.05) is 12.4 Å². The number of amides is 1. The van der Waals surface area contributed by atoms with Crippen molar-refractivity contribution >= 4 is 21.6 Å². The number of nitrogens with one attached hydrogen (secondary N) is 3. The number of aromatic amines is 1. The number of hydrogen-bond donors (Lipinski definition) is 3. The van der Waals surface area contributed by atoms with Gasteiger partial charge in [0.25, 0.3) is 5.91 Å². The number of anilines is 1. The number of carbonyl (C=O) groups is 1. The highest BCUT2D eigenvalue weighted by molar-refractivity contribution is 7.89. The van der Waals surface area contributed by atoms with Gasteiger partial charge < -0.3 is 9.88 Å². The SMILES string of the molecule is CNS(=O)(=O)c1cc(C(=O)Nc2cn[nH]c2)n(C)c1. The lowest BCUT2D eigenvalue weighted by molar-refractivity contribution is 0.101. The van der Waals surface area contributed by atoms with Crippen molar-refractivity contribution in [3.05, 3.63) is 30.4 Å². The third kappa shape index (κ3) is 2.66. The van der Waals surface area contributed by atoms with Crippen LogP contribution >= 0.6 is 0 Å². The Bertz CT molecular complexity index is 687. The molecule has 0 bridgehead atoms. The second kappa shape index (κ2) is 4.86. The summed E-state index contributed by atoms with van der Waals surface area (Å²) in [5.74, 6) is -0.415. The predicted octanol–water partition coefficient (Wildman–Crippen LogP) is -0.0914. The van der Waals surface area contributed by atoms with Crippen LogP contribution in [0.3, 0.4) is 0 Å². The number of nitrogens with zero attached hydrogens (tertiary/aromatic N) is 2. The minimum atomic E-state index is -3.56. The number of sulfonamides is 1. The first-order valence-electron chi connectivity index (χ1n) is 5.34. The third-order valence-corrected chi connectivity index (χ3v) is 3.93. The van der Waals surface area contributed by atoms with Gasteiger partial charge in [0.05, 0.1) is 11.9 Å². The summed E-state index contributed by atoms with van der Waals surface area (Å²) >= 11 is 0. The first-order valence-corrected chi connectivity index (χ1v) is 6.82. The van der Waals surface area contributed by atoms with Crippen molar-refractivity contribution in [2.45, 2.75) is 4.90 Å². The molecule has 0 aliphatic carbocycles. The lowest BCUT2D eigenvalue weighted by atomic mass is 10.4. The van der Waals surface area contributed by atoms with Gasteiger partial charge in [0.1, 0.15) is 10.6 Å². The number of carbonyl (C=O) groups excluding carboxylic acids is 1. The van der Waals surface area contributed by atoms with Crippen molar-refractivity contribution in [3.8, 4) is 0 Å². The maximum absolute atomic E-state index is 12.0. The summed E-state index contributed by atoms with van der Waals surface area (Å²) in [5.41, 5.74) is 0.735. The van der Waals surface area contributed by atoms with Crippen LogP contribution < -0.4 is 10.0 Å². The molecule has 102 valence electrons. The highest BCUT2D eigenvalue weighted by Crippen LogP contribution is 2.14. The Kier molecular flexibility index (Phi) is 3.40. The second-order valence-corrected chi connectivity index (χ2v) is 5.71. The van der Waals surface area contributed by atoms with E-state index in [0.29, 0.717) is 5.69 Å². The zero-order valence-electron chi connectivity index (χ0n) is 10.3. The summed E-state index contributed by atoms with van der Waals surface area (Å²) in [7, 11) is -0.656. The Morgan fingerprint density at radius 2 is 2.21 bits per heavy atom. The molecule has 0 atom stereocenters. The third-order valence-electron chi connectivity index (χ3n) is 2.55.